The van der Waals surface area contributed by atoms with Gasteiger partial charge < -0.3 is 20.1 Å². The second-order valence-electron chi connectivity index (χ2n) is 11.5. The van der Waals surface area contributed by atoms with E-state index < -0.39 is 18.1 Å². The molecule has 7 nitrogen and oxygen atoms in total. The lowest BCUT2D eigenvalue weighted by molar-refractivity contribution is -0.139. The number of fused-ring (bicyclic) bond motifs is 3. The van der Waals surface area contributed by atoms with E-state index in [2.05, 4.69) is 50.4 Å². The Kier molecular flexibility index (Phi) is 9.25. The Balaban J connectivity index is 1.48. The molecule has 1 aliphatic carbocycles. The van der Waals surface area contributed by atoms with Crippen LogP contribution in [0.15, 0.2) is 78.9 Å². The quantitative estimate of drug-likeness (QED) is 0.300. The van der Waals surface area contributed by atoms with E-state index in [0.717, 1.165) is 27.8 Å². The van der Waals surface area contributed by atoms with Crippen molar-refractivity contribution >= 4 is 18.0 Å². The third kappa shape index (κ3) is 7.50. The van der Waals surface area contributed by atoms with E-state index in [9.17, 15) is 19.5 Å². The molecule has 210 valence electrons. The van der Waals surface area contributed by atoms with E-state index in [1.165, 1.54) is 4.90 Å². The predicted molar refractivity (Wildman–Crippen MR) is 155 cm³/mol. The number of alkyl carbamates (subject to hydrolysis) is 1. The molecule has 1 aliphatic rings. The number of rotatable bonds is 11. The number of carbonyl (C=O) groups is 3. The summed E-state index contributed by atoms with van der Waals surface area (Å²) in [6.45, 7) is 6.68. The summed E-state index contributed by atoms with van der Waals surface area (Å²) in [5.74, 6) is -1.39. The number of ether oxygens (including phenoxy) is 1. The number of hydrogen-bond donors (Lipinski definition) is 2. The van der Waals surface area contributed by atoms with Crippen LogP contribution in [-0.4, -0.2) is 47.2 Å². The fourth-order valence-electron chi connectivity index (χ4n) is 5.14. The number of carbonyl (C=O) groups excluding carboxylic acids is 2. The summed E-state index contributed by atoms with van der Waals surface area (Å²) in [5.41, 5.74) is 5.32. The minimum absolute atomic E-state index is 0.0431. The first-order valence-electron chi connectivity index (χ1n) is 13.8. The topological polar surface area (TPSA) is 95.9 Å². The lowest BCUT2D eigenvalue weighted by Gasteiger charge is -2.29. The Hall–Kier alpha value is -4.13. The van der Waals surface area contributed by atoms with Gasteiger partial charge in [-0.25, -0.2) is 4.79 Å². The number of aliphatic carboxylic acids is 1. The summed E-state index contributed by atoms with van der Waals surface area (Å²) in [5, 5.41) is 12.1. The Morgan fingerprint density at radius 2 is 1.48 bits per heavy atom. The number of nitrogens with zero attached hydrogens (tertiary/aromatic N) is 1. The molecule has 2 N–H and O–H groups in total. The number of carboxylic acid groups (broad SMARTS) is 1. The van der Waals surface area contributed by atoms with Crippen LogP contribution in [0, 0.1) is 5.41 Å². The zero-order valence-electron chi connectivity index (χ0n) is 23.4. The summed E-state index contributed by atoms with van der Waals surface area (Å²) < 4.78 is 5.73. The van der Waals surface area contributed by atoms with Gasteiger partial charge in [-0.2, -0.15) is 0 Å². The lowest BCUT2D eigenvalue weighted by Crippen LogP contribution is -2.49. The maximum absolute atomic E-state index is 13.8. The third-order valence-electron chi connectivity index (χ3n) is 7.24. The molecule has 2 amide bonds. The van der Waals surface area contributed by atoms with Crippen LogP contribution in [0.25, 0.3) is 11.1 Å². The number of hydrogen-bond acceptors (Lipinski definition) is 4. The van der Waals surface area contributed by atoms with Crippen LogP contribution in [0.4, 0.5) is 4.79 Å². The smallest absolute Gasteiger partial charge is 0.407 e. The van der Waals surface area contributed by atoms with E-state index in [0.29, 0.717) is 12.8 Å². The molecule has 0 heterocycles. The minimum atomic E-state index is -0.985. The van der Waals surface area contributed by atoms with Gasteiger partial charge in [0.25, 0.3) is 0 Å². The molecule has 3 aromatic rings. The van der Waals surface area contributed by atoms with Crippen molar-refractivity contribution in [1.29, 1.82) is 0 Å². The molecule has 1 unspecified atom stereocenters. The minimum Gasteiger partial charge on any atom is -0.481 e. The lowest BCUT2D eigenvalue weighted by atomic mass is 9.88. The SMILES string of the molecule is CC(C)(C)CCC(NC(=O)OCC1c2ccccc2-c2ccccc21)C(=O)N(CCC(=O)O)Cc1ccccc1. The van der Waals surface area contributed by atoms with Crippen molar-refractivity contribution in [3.8, 4) is 11.1 Å². The first-order chi connectivity index (χ1) is 19.1. The average Bonchev–Trinajstić information content (AvgIpc) is 3.25. The number of nitrogens with one attached hydrogen (secondary N) is 1. The van der Waals surface area contributed by atoms with Crippen molar-refractivity contribution in [1.82, 2.24) is 10.2 Å². The van der Waals surface area contributed by atoms with Gasteiger partial charge in [-0.3, -0.25) is 9.59 Å². The molecule has 0 saturated carbocycles. The van der Waals surface area contributed by atoms with Gasteiger partial charge in [0.2, 0.25) is 5.91 Å². The van der Waals surface area contributed by atoms with Gasteiger partial charge in [-0.15, -0.1) is 0 Å². The van der Waals surface area contributed by atoms with E-state index in [1.54, 1.807) is 0 Å². The van der Waals surface area contributed by atoms with Crippen molar-refractivity contribution < 1.29 is 24.2 Å². The predicted octanol–water partition coefficient (Wildman–Crippen LogP) is 6.22. The van der Waals surface area contributed by atoms with Crippen LogP contribution in [0.2, 0.25) is 0 Å². The Morgan fingerprint density at radius 3 is 2.05 bits per heavy atom. The molecule has 40 heavy (non-hydrogen) atoms. The number of amides is 2. The monoisotopic (exact) mass is 542 g/mol. The van der Waals surface area contributed by atoms with Gasteiger partial charge in [0.1, 0.15) is 12.6 Å². The Morgan fingerprint density at radius 1 is 0.900 bits per heavy atom. The van der Waals surface area contributed by atoms with E-state index >= 15 is 0 Å². The molecule has 0 aliphatic heterocycles. The van der Waals surface area contributed by atoms with Crippen molar-refractivity contribution in [3.05, 3.63) is 95.6 Å². The van der Waals surface area contributed by atoms with Crippen LogP contribution in [0.1, 0.15) is 62.6 Å². The molecular weight excluding hydrogens is 504 g/mol. The molecule has 0 radical (unpaired) electrons. The fraction of sp³-hybridized carbons (Fsp3) is 0.364. The van der Waals surface area contributed by atoms with Gasteiger partial charge in [-0.1, -0.05) is 99.6 Å². The first-order valence-corrected chi connectivity index (χ1v) is 13.8. The standard InChI is InChI=1S/C33H38N2O5/c1-33(2,3)19-17-29(31(38)35(20-18-30(36)37)21-23-11-5-4-6-12-23)34-32(39)40-22-28-26-15-9-7-13-24(26)25-14-8-10-16-27(25)28/h4-16,28-29H,17-22H2,1-3H3,(H,34,39)(H,36,37). The fourth-order valence-corrected chi connectivity index (χ4v) is 5.14. The summed E-state index contributed by atoms with van der Waals surface area (Å²) in [7, 11) is 0. The maximum Gasteiger partial charge on any atom is 0.407 e. The summed E-state index contributed by atoms with van der Waals surface area (Å²) >= 11 is 0. The Bertz CT molecular complexity index is 1290. The van der Waals surface area contributed by atoms with Gasteiger partial charge in [0.15, 0.2) is 0 Å². The molecule has 0 bridgehead atoms. The van der Waals surface area contributed by atoms with Crippen LogP contribution < -0.4 is 5.32 Å². The van der Waals surface area contributed by atoms with Crippen LogP contribution in [0.5, 0.6) is 0 Å². The van der Waals surface area contributed by atoms with Crippen LogP contribution >= 0.6 is 0 Å². The molecule has 0 fully saturated rings. The van der Waals surface area contributed by atoms with Gasteiger partial charge in [-0.05, 0) is 46.1 Å². The second-order valence-corrected chi connectivity index (χ2v) is 11.5. The summed E-state index contributed by atoms with van der Waals surface area (Å²) in [4.78, 5) is 39.7. The highest BCUT2D eigenvalue weighted by Gasteiger charge is 2.31. The molecule has 3 aromatic carbocycles. The highest BCUT2D eigenvalue weighted by atomic mass is 16.5. The van der Waals surface area contributed by atoms with Crippen molar-refractivity contribution in [2.45, 2.75) is 58.5 Å². The van der Waals surface area contributed by atoms with Gasteiger partial charge in [0, 0.05) is 19.0 Å². The average molecular weight is 543 g/mol. The molecule has 1 atom stereocenters. The second kappa shape index (κ2) is 12.8. The van der Waals surface area contributed by atoms with Crippen molar-refractivity contribution in [3.63, 3.8) is 0 Å². The van der Waals surface area contributed by atoms with E-state index in [1.807, 2.05) is 54.6 Å². The summed E-state index contributed by atoms with van der Waals surface area (Å²) in [6.07, 6.45) is 0.248. The maximum atomic E-state index is 13.8. The molecule has 7 heteroatoms. The van der Waals surface area contributed by atoms with Gasteiger partial charge in [0.05, 0.1) is 6.42 Å². The Labute approximate surface area is 236 Å². The van der Waals surface area contributed by atoms with Crippen LogP contribution in [0.3, 0.4) is 0 Å². The van der Waals surface area contributed by atoms with Gasteiger partial charge >= 0.3 is 12.1 Å². The van der Waals surface area contributed by atoms with E-state index in [4.69, 9.17) is 4.74 Å². The van der Waals surface area contributed by atoms with Crippen molar-refractivity contribution in [2.24, 2.45) is 5.41 Å². The van der Waals surface area contributed by atoms with Crippen molar-refractivity contribution in [2.75, 3.05) is 13.2 Å². The van der Waals surface area contributed by atoms with E-state index in [-0.39, 0.29) is 43.4 Å². The number of benzene rings is 3. The largest absolute Gasteiger partial charge is 0.481 e. The number of carboxylic acids is 1. The summed E-state index contributed by atoms with van der Waals surface area (Å²) in [6, 6.07) is 24.8. The molecule has 0 spiro atoms. The highest BCUT2D eigenvalue weighted by molar-refractivity contribution is 5.86. The van der Waals surface area contributed by atoms with Crippen LogP contribution in [-0.2, 0) is 20.9 Å². The molecule has 0 saturated heterocycles. The third-order valence-corrected chi connectivity index (χ3v) is 7.24. The highest BCUT2D eigenvalue weighted by Crippen LogP contribution is 2.44. The molecule has 4 rings (SSSR count). The zero-order valence-corrected chi connectivity index (χ0v) is 23.4. The normalized spacial score (nSPS) is 13.2. The zero-order chi connectivity index (χ0) is 28.7. The first kappa shape index (κ1) is 28.9. The molecular formula is C33H38N2O5. The molecule has 0 aromatic heterocycles.